The van der Waals surface area contributed by atoms with Gasteiger partial charge in [-0.1, -0.05) is 50.1 Å². The van der Waals surface area contributed by atoms with E-state index in [1.807, 2.05) is 30.3 Å². The maximum absolute atomic E-state index is 11.5. The van der Waals surface area contributed by atoms with Crippen molar-refractivity contribution in [2.45, 2.75) is 38.0 Å². The second-order valence-corrected chi connectivity index (χ2v) is 4.82. The molecule has 0 unspecified atom stereocenters. The topological polar surface area (TPSA) is 37.3 Å². The van der Waals surface area contributed by atoms with Gasteiger partial charge in [0.1, 0.15) is 0 Å². The molecule has 0 heterocycles. The first-order valence-corrected chi connectivity index (χ1v) is 5.98. The van der Waals surface area contributed by atoms with Crippen LogP contribution in [0, 0.1) is 5.92 Å². The molecule has 2 nitrogen and oxygen atoms in total. The third-order valence-corrected chi connectivity index (χ3v) is 3.71. The number of rotatable bonds is 4. The molecule has 2 rings (SSSR count). The van der Waals surface area contributed by atoms with Crippen LogP contribution in [0.15, 0.2) is 30.3 Å². The van der Waals surface area contributed by atoms with Gasteiger partial charge in [0.25, 0.3) is 0 Å². The van der Waals surface area contributed by atoms with Crippen LogP contribution in [0.1, 0.15) is 38.2 Å². The van der Waals surface area contributed by atoms with Gasteiger partial charge in [0.2, 0.25) is 0 Å². The van der Waals surface area contributed by atoms with Crippen molar-refractivity contribution in [3.8, 4) is 0 Å². The fraction of sp³-hybridized carbons (Fsp3) is 0.500. The molecule has 0 atom stereocenters. The molecule has 0 bridgehead atoms. The predicted molar refractivity (Wildman–Crippen MR) is 63.4 cm³/mol. The van der Waals surface area contributed by atoms with Crippen LogP contribution < -0.4 is 0 Å². The second kappa shape index (κ2) is 4.28. The van der Waals surface area contributed by atoms with Gasteiger partial charge in [0.05, 0.1) is 5.41 Å². The number of hydrogen-bond donors (Lipinski definition) is 1. The van der Waals surface area contributed by atoms with E-state index in [1.54, 1.807) is 0 Å². The van der Waals surface area contributed by atoms with Crippen molar-refractivity contribution in [1.29, 1.82) is 0 Å². The van der Waals surface area contributed by atoms with Gasteiger partial charge in [-0.2, -0.15) is 0 Å². The second-order valence-electron chi connectivity index (χ2n) is 4.82. The third-order valence-electron chi connectivity index (χ3n) is 3.71. The fourth-order valence-electron chi connectivity index (χ4n) is 2.83. The van der Waals surface area contributed by atoms with Crippen molar-refractivity contribution in [3.63, 3.8) is 0 Å². The van der Waals surface area contributed by atoms with E-state index in [1.165, 1.54) is 0 Å². The molecule has 0 spiro atoms. The number of hydrogen-bond acceptors (Lipinski definition) is 1. The lowest BCUT2D eigenvalue weighted by atomic mass is 9.57. The Bertz CT molecular complexity index is 364. The fourth-order valence-corrected chi connectivity index (χ4v) is 2.83. The van der Waals surface area contributed by atoms with E-state index in [4.69, 9.17) is 0 Å². The summed E-state index contributed by atoms with van der Waals surface area (Å²) in [5, 5.41) is 9.42. The molecule has 0 aliphatic heterocycles. The van der Waals surface area contributed by atoms with E-state index in [0.717, 1.165) is 31.2 Å². The molecule has 16 heavy (non-hydrogen) atoms. The first-order valence-electron chi connectivity index (χ1n) is 5.98. The van der Waals surface area contributed by atoms with Gasteiger partial charge in [-0.3, -0.25) is 4.79 Å². The zero-order valence-electron chi connectivity index (χ0n) is 9.65. The van der Waals surface area contributed by atoms with Gasteiger partial charge in [0.15, 0.2) is 0 Å². The summed E-state index contributed by atoms with van der Waals surface area (Å²) in [6.07, 6.45) is 3.91. The summed E-state index contributed by atoms with van der Waals surface area (Å²) >= 11 is 0. The minimum atomic E-state index is -0.661. The Morgan fingerprint density at radius 3 is 2.50 bits per heavy atom. The number of carbonyl (C=O) groups is 1. The first kappa shape index (κ1) is 11.2. The molecule has 0 aromatic heterocycles. The molecule has 1 aromatic carbocycles. The monoisotopic (exact) mass is 218 g/mol. The molecular formula is C14H18O2. The van der Waals surface area contributed by atoms with Crippen molar-refractivity contribution in [2.75, 3.05) is 0 Å². The number of benzene rings is 1. The van der Waals surface area contributed by atoms with Crippen molar-refractivity contribution in [1.82, 2.24) is 0 Å². The normalized spacial score (nSPS) is 28.4. The lowest BCUT2D eigenvalue weighted by Crippen LogP contribution is -2.47. The molecule has 1 saturated carbocycles. The molecule has 1 aliphatic carbocycles. The van der Waals surface area contributed by atoms with Gasteiger partial charge in [0, 0.05) is 0 Å². The zero-order valence-corrected chi connectivity index (χ0v) is 9.65. The standard InChI is InChI=1S/C14H18O2/c1-2-6-11-9-14(10-11,13(15)16)12-7-4-3-5-8-12/h3-5,7-8,11H,2,6,9-10H2,1H3,(H,15,16). The minimum absolute atomic E-state index is 0.596. The summed E-state index contributed by atoms with van der Waals surface area (Å²) in [7, 11) is 0. The predicted octanol–water partition coefficient (Wildman–Crippen LogP) is 3.22. The Hall–Kier alpha value is -1.31. The first-order chi connectivity index (χ1) is 7.69. The van der Waals surface area contributed by atoms with Crippen LogP contribution in [0.4, 0.5) is 0 Å². The summed E-state index contributed by atoms with van der Waals surface area (Å²) in [6, 6.07) is 9.66. The van der Waals surface area contributed by atoms with E-state index in [9.17, 15) is 9.90 Å². The van der Waals surface area contributed by atoms with Gasteiger partial charge >= 0.3 is 5.97 Å². The van der Waals surface area contributed by atoms with Gasteiger partial charge in [-0.05, 0) is 24.3 Å². The van der Waals surface area contributed by atoms with Gasteiger partial charge in [-0.15, -0.1) is 0 Å². The summed E-state index contributed by atoms with van der Waals surface area (Å²) in [6.45, 7) is 2.16. The summed E-state index contributed by atoms with van der Waals surface area (Å²) in [5.74, 6) is -0.0626. The molecule has 0 amide bonds. The van der Waals surface area contributed by atoms with E-state index in [0.29, 0.717) is 5.92 Å². The van der Waals surface area contributed by atoms with E-state index >= 15 is 0 Å². The highest BCUT2D eigenvalue weighted by atomic mass is 16.4. The lowest BCUT2D eigenvalue weighted by Gasteiger charge is -2.45. The number of carboxylic acid groups (broad SMARTS) is 1. The highest BCUT2D eigenvalue weighted by Gasteiger charge is 2.50. The Labute approximate surface area is 96.3 Å². The van der Waals surface area contributed by atoms with Gasteiger partial charge < -0.3 is 5.11 Å². The zero-order chi connectivity index (χ0) is 11.6. The number of aliphatic carboxylic acids is 1. The van der Waals surface area contributed by atoms with Crippen molar-refractivity contribution in [3.05, 3.63) is 35.9 Å². The van der Waals surface area contributed by atoms with Crippen LogP contribution in [-0.4, -0.2) is 11.1 Å². The SMILES string of the molecule is CCCC1CC(C(=O)O)(c2ccccc2)C1. The van der Waals surface area contributed by atoms with Crippen molar-refractivity contribution >= 4 is 5.97 Å². The third kappa shape index (κ3) is 1.73. The molecule has 1 N–H and O–H groups in total. The molecule has 86 valence electrons. The minimum Gasteiger partial charge on any atom is -0.481 e. The van der Waals surface area contributed by atoms with E-state index in [-0.39, 0.29) is 0 Å². The van der Waals surface area contributed by atoms with Crippen LogP contribution in [0.2, 0.25) is 0 Å². The highest BCUT2D eigenvalue weighted by Crippen LogP contribution is 2.49. The molecule has 0 saturated heterocycles. The summed E-state index contributed by atoms with van der Waals surface area (Å²) in [4.78, 5) is 11.5. The molecule has 2 heteroatoms. The van der Waals surface area contributed by atoms with E-state index < -0.39 is 11.4 Å². The molecular weight excluding hydrogens is 200 g/mol. The number of carboxylic acids is 1. The lowest BCUT2D eigenvalue weighted by molar-refractivity contribution is -0.150. The van der Waals surface area contributed by atoms with Crippen molar-refractivity contribution in [2.24, 2.45) is 5.92 Å². The van der Waals surface area contributed by atoms with Crippen LogP contribution in [-0.2, 0) is 10.2 Å². The smallest absolute Gasteiger partial charge is 0.314 e. The van der Waals surface area contributed by atoms with Gasteiger partial charge in [-0.25, -0.2) is 0 Å². The average Bonchev–Trinajstić information content (AvgIpc) is 2.23. The summed E-state index contributed by atoms with van der Waals surface area (Å²) in [5.41, 5.74) is 0.371. The summed E-state index contributed by atoms with van der Waals surface area (Å²) < 4.78 is 0. The molecule has 0 radical (unpaired) electrons. The Balaban J connectivity index is 2.18. The average molecular weight is 218 g/mol. The Kier molecular flexibility index (Phi) is 2.99. The van der Waals surface area contributed by atoms with Crippen LogP contribution in [0.5, 0.6) is 0 Å². The molecule has 1 aliphatic rings. The van der Waals surface area contributed by atoms with Crippen LogP contribution in [0.25, 0.3) is 0 Å². The maximum Gasteiger partial charge on any atom is 0.314 e. The van der Waals surface area contributed by atoms with Crippen LogP contribution >= 0.6 is 0 Å². The maximum atomic E-state index is 11.5. The highest BCUT2D eigenvalue weighted by molar-refractivity contribution is 5.82. The quantitative estimate of drug-likeness (QED) is 0.842. The van der Waals surface area contributed by atoms with E-state index in [2.05, 4.69) is 6.92 Å². The Morgan fingerprint density at radius 1 is 1.38 bits per heavy atom. The molecule has 1 aromatic rings. The van der Waals surface area contributed by atoms with Crippen LogP contribution in [0.3, 0.4) is 0 Å². The Morgan fingerprint density at radius 2 is 2.00 bits per heavy atom. The largest absolute Gasteiger partial charge is 0.481 e. The molecule has 1 fully saturated rings. The van der Waals surface area contributed by atoms with Crippen molar-refractivity contribution < 1.29 is 9.90 Å².